The maximum Gasteiger partial charge on any atom is 0.119 e. The van der Waals surface area contributed by atoms with Crippen LogP contribution in [0.1, 0.15) is 19.4 Å². The zero-order valence-electron chi connectivity index (χ0n) is 10.5. The summed E-state index contributed by atoms with van der Waals surface area (Å²) in [4.78, 5) is 0. The highest BCUT2D eigenvalue weighted by atomic mass is 16.5. The standard InChI is InChI=1S/C16H18O/c1-5-7-12-16(3,4)14-8-10-15(11-9-14)17-13-6-2/h5-6,8-11H,1-2,13H2,3-4H3. The highest BCUT2D eigenvalue weighted by molar-refractivity contribution is 5.38. The minimum Gasteiger partial charge on any atom is -0.490 e. The van der Waals surface area contributed by atoms with Gasteiger partial charge in [0.1, 0.15) is 12.4 Å². The first kappa shape index (κ1) is 13.1. The summed E-state index contributed by atoms with van der Waals surface area (Å²) in [6, 6.07) is 7.98. The molecule has 1 aromatic rings. The van der Waals surface area contributed by atoms with Gasteiger partial charge in [0.15, 0.2) is 0 Å². The molecule has 0 bridgehead atoms. The Morgan fingerprint density at radius 2 is 1.88 bits per heavy atom. The van der Waals surface area contributed by atoms with E-state index in [9.17, 15) is 0 Å². The summed E-state index contributed by atoms with van der Waals surface area (Å²) in [6.45, 7) is 11.9. The Bertz CT molecular complexity index is 441. The molecule has 0 saturated heterocycles. The van der Waals surface area contributed by atoms with E-state index in [0.717, 1.165) is 11.3 Å². The van der Waals surface area contributed by atoms with E-state index < -0.39 is 0 Å². The van der Waals surface area contributed by atoms with E-state index in [4.69, 9.17) is 4.74 Å². The van der Waals surface area contributed by atoms with Crippen LogP contribution in [0.4, 0.5) is 0 Å². The van der Waals surface area contributed by atoms with Crippen LogP contribution < -0.4 is 4.74 Å². The Balaban J connectivity index is 2.86. The van der Waals surface area contributed by atoms with Gasteiger partial charge in [-0.05, 0) is 37.6 Å². The molecule has 1 rings (SSSR count). The fourth-order valence-electron chi connectivity index (χ4n) is 1.43. The smallest absolute Gasteiger partial charge is 0.119 e. The summed E-state index contributed by atoms with van der Waals surface area (Å²) in [7, 11) is 0. The van der Waals surface area contributed by atoms with Crippen molar-refractivity contribution in [2.45, 2.75) is 19.3 Å². The third kappa shape index (κ3) is 3.85. The molecule has 1 heteroatoms. The predicted octanol–water partition coefficient (Wildman–Crippen LogP) is 3.72. The molecule has 0 aliphatic rings. The number of hydrogen-bond donors (Lipinski definition) is 0. The van der Waals surface area contributed by atoms with Crippen molar-refractivity contribution in [1.82, 2.24) is 0 Å². The van der Waals surface area contributed by atoms with Crippen molar-refractivity contribution in [3.63, 3.8) is 0 Å². The number of hydrogen-bond acceptors (Lipinski definition) is 1. The number of allylic oxidation sites excluding steroid dienone is 1. The monoisotopic (exact) mass is 226 g/mol. The van der Waals surface area contributed by atoms with Crippen molar-refractivity contribution in [2.24, 2.45) is 0 Å². The van der Waals surface area contributed by atoms with Crippen LogP contribution in [0.25, 0.3) is 0 Å². The first-order chi connectivity index (χ1) is 8.10. The topological polar surface area (TPSA) is 9.23 Å². The largest absolute Gasteiger partial charge is 0.490 e. The van der Waals surface area contributed by atoms with E-state index >= 15 is 0 Å². The van der Waals surface area contributed by atoms with Crippen molar-refractivity contribution in [2.75, 3.05) is 6.61 Å². The fourth-order valence-corrected chi connectivity index (χ4v) is 1.43. The van der Waals surface area contributed by atoms with Crippen LogP contribution >= 0.6 is 0 Å². The van der Waals surface area contributed by atoms with Gasteiger partial charge in [-0.1, -0.05) is 43.2 Å². The van der Waals surface area contributed by atoms with Crippen molar-refractivity contribution < 1.29 is 4.74 Å². The summed E-state index contributed by atoms with van der Waals surface area (Å²) in [6.07, 6.45) is 3.34. The van der Waals surface area contributed by atoms with Gasteiger partial charge in [0.25, 0.3) is 0 Å². The van der Waals surface area contributed by atoms with Crippen molar-refractivity contribution >= 4 is 0 Å². The quantitative estimate of drug-likeness (QED) is 0.561. The van der Waals surface area contributed by atoms with Crippen LogP contribution in [0.15, 0.2) is 49.6 Å². The van der Waals surface area contributed by atoms with Crippen molar-refractivity contribution in [3.8, 4) is 17.6 Å². The summed E-state index contributed by atoms with van der Waals surface area (Å²) >= 11 is 0. The second kappa shape index (κ2) is 5.96. The zero-order chi connectivity index (χ0) is 12.7. The maximum atomic E-state index is 5.43. The Hall–Kier alpha value is -1.94. The minimum atomic E-state index is -0.175. The molecule has 0 saturated carbocycles. The zero-order valence-corrected chi connectivity index (χ0v) is 10.5. The SMILES string of the molecule is C=CC#CC(C)(C)c1ccc(OCC=C)cc1. The number of rotatable bonds is 4. The molecule has 0 amide bonds. The molecule has 1 aromatic carbocycles. The maximum absolute atomic E-state index is 5.43. The van der Waals surface area contributed by atoms with Crippen LogP contribution in [0.5, 0.6) is 5.75 Å². The molecule has 0 radical (unpaired) electrons. The summed E-state index contributed by atoms with van der Waals surface area (Å²) in [5.41, 5.74) is 0.989. The van der Waals surface area contributed by atoms with Gasteiger partial charge in [-0.2, -0.15) is 0 Å². The summed E-state index contributed by atoms with van der Waals surface area (Å²) in [5, 5.41) is 0. The molecular formula is C16H18O. The van der Waals surface area contributed by atoms with Crippen LogP contribution in [-0.4, -0.2) is 6.61 Å². The van der Waals surface area contributed by atoms with Gasteiger partial charge in [-0.25, -0.2) is 0 Å². The average molecular weight is 226 g/mol. The molecule has 0 fully saturated rings. The highest BCUT2D eigenvalue weighted by Gasteiger charge is 2.16. The van der Waals surface area contributed by atoms with E-state index in [-0.39, 0.29) is 5.41 Å². The Morgan fingerprint density at radius 1 is 1.24 bits per heavy atom. The molecule has 88 valence electrons. The van der Waals surface area contributed by atoms with Crippen LogP contribution in [0.2, 0.25) is 0 Å². The van der Waals surface area contributed by atoms with Gasteiger partial charge < -0.3 is 4.74 Å². The molecule has 0 unspecified atom stereocenters. The lowest BCUT2D eigenvalue weighted by molar-refractivity contribution is 0.363. The average Bonchev–Trinajstić information content (AvgIpc) is 2.34. The second-order valence-corrected chi connectivity index (χ2v) is 4.22. The Labute approximate surface area is 104 Å². The van der Waals surface area contributed by atoms with E-state index in [0.29, 0.717) is 6.61 Å². The second-order valence-electron chi connectivity index (χ2n) is 4.22. The molecule has 0 aliphatic heterocycles. The predicted molar refractivity (Wildman–Crippen MR) is 73.1 cm³/mol. The normalized spacial score (nSPS) is 10.0. The Kier molecular flexibility index (Phi) is 4.60. The molecule has 0 atom stereocenters. The molecule has 0 spiro atoms. The molecule has 0 aliphatic carbocycles. The van der Waals surface area contributed by atoms with Crippen molar-refractivity contribution in [3.05, 3.63) is 55.1 Å². The molecule has 1 nitrogen and oxygen atoms in total. The van der Waals surface area contributed by atoms with Crippen molar-refractivity contribution in [1.29, 1.82) is 0 Å². The van der Waals surface area contributed by atoms with Gasteiger partial charge in [0.05, 0.1) is 5.41 Å². The fraction of sp³-hybridized carbons (Fsp3) is 0.250. The lowest BCUT2D eigenvalue weighted by Gasteiger charge is -2.18. The molecule has 0 heterocycles. The Morgan fingerprint density at radius 3 is 2.41 bits per heavy atom. The van der Waals surface area contributed by atoms with Crippen LogP contribution in [0.3, 0.4) is 0 Å². The lowest BCUT2D eigenvalue weighted by atomic mass is 9.85. The summed E-state index contributed by atoms with van der Waals surface area (Å²) < 4.78 is 5.43. The minimum absolute atomic E-state index is 0.175. The lowest BCUT2D eigenvalue weighted by Crippen LogP contribution is -2.13. The number of benzene rings is 1. The third-order valence-corrected chi connectivity index (χ3v) is 2.43. The van der Waals surface area contributed by atoms with Crippen LogP contribution in [0, 0.1) is 11.8 Å². The van der Waals surface area contributed by atoms with Gasteiger partial charge in [-0.3, -0.25) is 0 Å². The number of ether oxygens (including phenoxy) is 1. The first-order valence-electron chi connectivity index (χ1n) is 5.58. The van der Waals surface area contributed by atoms with E-state index in [2.05, 4.69) is 38.8 Å². The molecule has 0 aromatic heterocycles. The van der Waals surface area contributed by atoms with Crippen LogP contribution in [-0.2, 0) is 5.41 Å². The van der Waals surface area contributed by atoms with Gasteiger partial charge in [0.2, 0.25) is 0 Å². The molecular weight excluding hydrogens is 208 g/mol. The third-order valence-electron chi connectivity index (χ3n) is 2.43. The first-order valence-corrected chi connectivity index (χ1v) is 5.58. The van der Waals surface area contributed by atoms with Gasteiger partial charge >= 0.3 is 0 Å². The summed E-state index contributed by atoms with van der Waals surface area (Å²) in [5.74, 6) is 6.92. The van der Waals surface area contributed by atoms with E-state index in [1.54, 1.807) is 12.2 Å². The highest BCUT2D eigenvalue weighted by Crippen LogP contribution is 2.24. The molecule has 17 heavy (non-hydrogen) atoms. The van der Waals surface area contributed by atoms with E-state index in [1.807, 2.05) is 24.3 Å². The molecule has 0 N–H and O–H groups in total. The van der Waals surface area contributed by atoms with E-state index in [1.165, 1.54) is 0 Å². The van der Waals surface area contributed by atoms with Gasteiger partial charge in [0, 0.05) is 0 Å². The van der Waals surface area contributed by atoms with Gasteiger partial charge in [-0.15, -0.1) is 0 Å².